The molecule has 0 saturated carbocycles. The number of hydrogen-bond acceptors (Lipinski definition) is 0. The van der Waals surface area contributed by atoms with E-state index in [-0.39, 0.29) is 0 Å². The number of aryl methyl sites for hydroxylation is 2. The van der Waals surface area contributed by atoms with Crippen molar-refractivity contribution in [1.29, 1.82) is 0 Å². The average molecular weight is 296 g/mol. The van der Waals surface area contributed by atoms with Crippen LogP contribution in [0, 0.1) is 13.8 Å². The van der Waals surface area contributed by atoms with Gasteiger partial charge in [-0.2, -0.15) is 0 Å². The van der Waals surface area contributed by atoms with Crippen LogP contribution in [-0.4, -0.2) is 0 Å². The molecule has 0 nitrogen and oxygen atoms in total. The van der Waals surface area contributed by atoms with Crippen LogP contribution in [0.2, 0.25) is 5.02 Å². The molecule has 0 N–H and O–H groups in total. The van der Waals surface area contributed by atoms with Crippen molar-refractivity contribution in [2.45, 2.75) is 13.8 Å². The lowest BCUT2D eigenvalue weighted by Crippen LogP contribution is -1.87. The van der Waals surface area contributed by atoms with Crippen LogP contribution in [-0.2, 0) is 0 Å². The van der Waals surface area contributed by atoms with E-state index in [0.717, 1.165) is 20.6 Å². The summed E-state index contributed by atoms with van der Waals surface area (Å²) < 4.78 is 1.08. The summed E-state index contributed by atoms with van der Waals surface area (Å²) in [7, 11) is 0. The summed E-state index contributed by atoms with van der Waals surface area (Å²) in [5.74, 6) is 0. The topological polar surface area (TPSA) is 0 Å². The van der Waals surface area contributed by atoms with Gasteiger partial charge in [0, 0.05) is 15.1 Å². The molecular formula is C14H12BrCl. The van der Waals surface area contributed by atoms with Gasteiger partial charge in [0.15, 0.2) is 0 Å². The molecule has 2 heteroatoms. The Balaban J connectivity index is 2.72. The summed E-state index contributed by atoms with van der Waals surface area (Å²) in [6.45, 7) is 4.16. The van der Waals surface area contributed by atoms with Crippen molar-refractivity contribution < 1.29 is 0 Å². The van der Waals surface area contributed by atoms with Crippen molar-refractivity contribution in [3.63, 3.8) is 0 Å². The zero-order valence-electron chi connectivity index (χ0n) is 9.22. The first-order valence-corrected chi connectivity index (χ1v) is 6.28. The van der Waals surface area contributed by atoms with Gasteiger partial charge in [-0.05, 0) is 37.1 Å². The van der Waals surface area contributed by atoms with Crippen LogP contribution < -0.4 is 0 Å². The van der Waals surface area contributed by atoms with Crippen molar-refractivity contribution in [3.05, 3.63) is 57.0 Å². The van der Waals surface area contributed by atoms with Crippen molar-refractivity contribution in [3.8, 4) is 11.1 Å². The lowest BCUT2D eigenvalue weighted by molar-refractivity contribution is 1.41. The maximum Gasteiger partial charge on any atom is 0.0487 e. The molecule has 0 aromatic heterocycles. The zero-order chi connectivity index (χ0) is 11.7. The lowest BCUT2D eigenvalue weighted by Gasteiger charge is -2.11. The maximum absolute atomic E-state index is 6.27. The third-order valence-electron chi connectivity index (χ3n) is 2.61. The molecule has 0 bridgehead atoms. The molecule has 0 aliphatic heterocycles. The van der Waals surface area contributed by atoms with Gasteiger partial charge in [-0.1, -0.05) is 57.4 Å². The first-order chi connectivity index (χ1) is 7.59. The molecule has 0 aliphatic carbocycles. The zero-order valence-corrected chi connectivity index (χ0v) is 11.6. The molecule has 0 atom stereocenters. The Morgan fingerprint density at radius 2 is 1.81 bits per heavy atom. The van der Waals surface area contributed by atoms with Gasteiger partial charge in [0.1, 0.15) is 0 Å². The normalized spacial score (nSPS) is 10.5. The fraction of sp³-hybridized carbons (Fsp3) is 0.143. The Labute approximate surface area is 109 Å². The van der Waals surface area contributed by atoms with E-state index in [4.69, 9.17) is 11.6 Å². The minimum atomic E-state index is 0.798. The third-order valence-corrected chi connectivity index (χ3v) is 3.62. The van der Waals surface area contributed by atoms with Crippen LogP contribution in [0.15, 0.2) is 40.9 Å². The minimum absolute atomic E-state index is 0.798. The fourth-order valence-corrected chi connectivity index (χ4v) is 2.57. The van der Waals surface area contributed by atoms with E-state index in [1.54, 1.807) is 0 Å². The van der Waals surface area contributed by atoms with E-state index >= 15 is 0 Å². The Morgan fingerprint density at radius 1 is 1.06 bits per heavy atom. The van der Waals surface area contributed by atoms with E-state index in [1.165, 1.54) is 11.1 Å². The number of hydrogen-bond donors (Lipinski definition) is 0. The van der Waals surface area contributed by atoms with Crippen LogP contribution in [0.1, 0.15) is 11.1 Å². The van der Waals surface area contributed by atoms with Crippen LogP contribution >= 0.6 is 27.5 Å². The highest BCUT2D eigenvalue weighted by molar-refractivity contribution is 9.10. The van der Waals surface area contributed by atoms with Gasteiger partial charge in [0.2, 0.25) is 0 Å². The van der Waals surface area contributed by atoms with Crippen LogP contribution in [0.25, 0.3) is 11.1 Å². The molecule has 2 aromatic carbocycles. The molecule has 0 fully saturated rings. The smallest absolute Gasteiger partial charge is 0.0487 e. The predicted octanol–water partition coefficient (Wildman–Crippen LogP) is 5.39. The molecular weight excluding hydrogens is 284 g/mol. The Bertz CT molecular complexity index is 512. The van der Waals surface area contributed by atoms with Gasteiger partial charge >= 0.3 is 0 Å². The SMILES string of the molecule is Cc1ccc(Br)c(-c2c(C)cccc2Cl)c1. The molecule has 0 aliphatic rings. The van der Waals surface area contributed by atoms with E-state index in [1.807, 2.05) is 12.1 Å². The monoisotopic (exact) mass is 294 g/mol. The number of rotatable bonds is 1. The van der Waals surface area contributed by atoms with Crippen molar-refractivity contribution in [1.82, 2.24) is 0 Å². The van der Waals surface area contributed by atoms with E-state index in [2.05, 4.69) is 54.0 Å². The van der Waals surface area contributed by atoms with Crippen LogP contribution in [0.4, 0.5) is 0 Å². The molecule has 0 spiro atoms. The predicted molar refractivity (Wildman–Crippen MR) is 74.1 cm³/mol. The fourth-order valence-electron chi connectivity index (χ4n) is 1.80. The summed E-state index contributed by atoms with van der Waals surface area (Å²) in [5, 5.41) is 0.798. The minimum Gasteiger partial charge on any atom is -0.0837 e. The van der Waals surface area contributed by atoms with E-state index in [9.17, 15) is 0 Å². The first kappa shape index (κ1) is 11.7. The van der Waals surface area contributed by atoms with Gasteiger partial charge in [-0.25, -0.2) is 0 Å². The van der Waals surface area contributed by atoms with Gasteiger partial charge in [-0.15, -0.1) is 0 Å². The summed E-state index contributed by atoms with van der Waals surface area (Å²) in [6.07, 6.45) is 0. The molecule has 0 amide bonds. The Hall–Kier alpha value is -0.790. The van der Waals surface area contributed by atoms with Gasteiger partial charge < -0.3 is 0 Å². The summed E-state index contributed by atoms with van der Waals surface area (Å²) in [4.78, 5) is 0. The van der Waals surface area contributed by atoms with Crippen molar-refractivity contribution >= 4 is 27.5 Å². The van der Waals surface area contributed by atoms with Crippen LogP contribution in [0.5, 0.6) is 0 Å². The molecule has 0 heterocycles. The summed E-state index contributed by atoms with van der Waals surface area (Å²) in [5.41, 5.74) is 4.69. The van der Waals surface area contributed by atoms with Crippen molar-refractivity contribution in [2.24, 2.45) is 0 Å². The quantitative estimate of drug-likeness (QED) is 0.662. The average Bonchev–Trinajstić information content (AvgIpc) is 2.23. The first-order valence-electron chi connectivity index (χ1n) is 5.11. The summed E-state index contributed by atoms with van der Waals surface area (Å²) >= 11 is 9.84. The molecule has 0 radical (unpaired) electrons. The van der Waals surface area contributed by atoms with E-state index in [0.29, 0.717) is 0 Å². The lowest BCUT2D eigenvalue weighted by atomic mass is 9.99. The Kier molecular flexibility index (Phi) is 3.36. The van der Waals surface area contributed by atoms with Crippen molar-refractivity contribution in [2.75, 3.05) is 0 Å². The Morgan fingerprint density at radius 3 is 2.50 bits per heavy atom. The molecule has 2 rings (SSSR count). The second-order valence-corrected chi connectivity index (χ2v) is 5.18. The van der Waals surface area contributed by atoms with Gasteiger partial charge in [-0.3, -0.25) is 0 Å². The highest BCUT2D eigenvalue weighted by atomic mass is 79.9. The molecule has 2 aromatic rings. The number of benzene rings is 2. The summed E-state index contributed by atoms with van der Waals surface area (Å²) in [6, 6.07) is 12.3. The van der Waals surface area contributed by atoms with Gasteiger partial charge in [0.05, 0.1) is 0 Å². The van der Waals surface area contributed by atoms with E-state index < -0.39 is 0 Å². The molecule has 16 heavy (non-hydrogen) atoms. The van der Waals surface area contributed by atoms with Crippen LogP contribution in [0.3, 0.4) is 0 Å². The maximum atomic E-state index is 6.27. The second-order valence-electron chi connectivity index (χ2n) is 3.92. The van der Waals surface area contributed by atoms with Gasteiger partial charge in [0.25, 0.3) is 0 Å². The molecule has 0 saturated heterocycles. The highest BCUT2D eigenvalue weighted by Gasteiger charge is 2.09. The number of halogens is 2. The highest BCUT2D eigenvalue weighted by Crippen LogP contribution is 2.36. The largest absolute Gasteiger partial charge is 0.0837 e. The standard InChI is InChI=1S/C14H12BrCl/c1-9-6-7-12(15)11(8-9)14-10(2)4-3-5-13(14)16/h3-8H,1-2H3. The molecule has 82 valence electrons. The second kappa shape index (κ2) is 4.60. The third kappa shape index (κ3) is 2.16. The molecule has 0 unspecified atom stereocenters.